The topological polar surface area (TPSA) is 61.0 Å². The number of rotatable bonds is 4. The maximum atomic E-state index is 5.77. The Morgan fingerprint density at radius 2 is 2.17 bits per heavy atom. The Balaban J connectivity index is 2.08. The van der Waals surface area contributed by atoms with Crippen molar-refractivity contribution in [1.82, 2.24) is 9.97 Å². The molecule has 2 N–H and O–H groups in total. The van der Waals surface area contributed by atoms with E-state index in [2.05, 4.69) is 26.3 Å². The van der Waals surface area contributed by atoms with Gasteiger partial charge in [-0.2, -0.15) is 0 Å². The van der Waals surface area contributed by atoms with E-state index >= 15 is 0 Å². The van der Waals surface area contributed by atoms with Gasteiger partial charge in [0.1, 0.15) is 0 Å². The Bertz CT molecular complexity index is 557. The van der Waals surface area contributed by atoms with Gasteiger partial charge in [-0.3, -0.25) is 0 Å². The molecule has 0 aliphatic heterocycles. The third kappa shape index (κ3) is 3.72. The van der Waals surface area contributed by atoms with Crippen LogP contribution < -0.4 is 13.7 Å². The molecule has 2 aromatic rings. The van der Waals surface area contributed by atoms with Crippen molar-refractivity contribution < 1.29 is 4.74 Å². The molecule has 0 radical (unpaired) electrons. The van der Waals surface area contributed by atoms with Crippen LogP contribution in [0.4, 0.5) is 5.82 Å². The molecule has 0 aliphatic rings. The Morgan fingerprint density at radius 3 is 2.89 bits per heavy atom. The molecular weight excluding hydrogens is 447 g/mol. The fourth-order valence-electron chi connectivity index (χ4n) is 1.37. The van der Waals surface area contributed by atoms with Gasteiger partial charge in [-0.05, 0) is 0 Å². The fourth-order valence-corrected chi connectivity index (χ4v) is 3.30. The first kappa shape index (κ1) is 13.4. The molecule has 18 heavy (non-hydrogen) atoms. The van der Waals surface area contributed by atoms with Gasteiger partial charge in [-0.15, -0.1) is 0 Å². The van der Waals surface area contributed by atoms with Crippen LogP contribution in [0.3, 0.4) is 0 Å². The first-order chi connectivity index (χ1) is 8.67. The SMILES string of the molecule is [CH2]=[Bi][c]1cccc(COc2nc(N)cc(Cl)n2)c1. The van der Waals surface area contributed by atoms with Gasteiger partial charge in [-0.25, -0.2) is 0 Å². The van der Waals surface area contributed by atoms with E-state index in [0.717, 1.165) is 5.56 Å². The van der Waals surface area contributed by atoms with Crippen molar-refractivity contribution in [1.29, 1.82) is 0 Å². The van der Waals surface area contributed by atoms with Crippen LogP contribution in [0.15, 0.2) is 30.3 Å². The first-order valence-corrected chi connectivity index (χ1v) is 9.73. The molecule has 92 valence electrons. The fraction of sp³-hybridized carbons (Fsp3) is 0.0833. The van der Waals surface area contributed by atoms with E-state index in [1.165, 1.54) is 9.34 Å². The second-order valence-corrected chi connectivity index (χ2v) is 7.14. The van der Waals surface area contributed by atoms with Gasteiger partial charge in [0.15, 0.2) is 0 Å². The summed E-state index contributed by atoms with van der Waals surface area (Å²) in [6.07, 6.45) is 0. The summed E-state index contributed by atoms with van der Waals surface area (Å²) >= 11 is 5.02. The first-order valence-electron chi connectivity index (χ1n) is 5.16. The number of aromatic nitrogens is 2. The number of hydrogen-bond donors (Lipinski definition) is 1. The Hall–Kier alpha value is -1.06. The van der Waals surface area contributed by atoms with Gasteiger partial charge in [-0.1, -0.05) is 0 Å². The van der Waals surface area contributed by atoms with Crippen LogP contribution in [-0.2, 0) is 6.61 Å². The minimum atomic E-state index is -0.744. The number of hydrogen-bond acceptors (Lipinski definition) is 4. The van der Waals surface area contributed by atoms with Crippen molar-refractivity contribution in [2.24, 2.45) is 0 Å². The van der Waals surface area contributed by atoms with E-state index in [0.29, 0.717) is 12.4 Å². The minimum absolute atomic E-state index is 0.195. The number of halogens is 1. The molecule has 0 spiro atoms. The summed E-state index contributed by atoms with van der Waals surface area (Å²) in [6.45, 7) is 0.398. The maximum absolute atomic E-state index is 5.77. The van der Waals surface area contributed by atoms with Crippen molar-refractivity contribution in [2.45, 2.75) is 6.61 Å². The molecule has 0 unspecified atom stereocenters. The van der Waals surface area contributed by atoms with E-state index in [1.807, 2.05) is 12.1 Å². The number of nitrogen functional groups attached to an aromatic ring is 1. The summed E-state index contributed by atoms with van der Waals surface area (Å²) in [5, 5.41) is 0.277. The summed E-state index contributed by atoms with van der Waals surface area (Å²) in [5.74, 6) is 0.297. The monoisotopic (exact) mass is 457 g/mol. The van der Waals surface area contributed by atoms with E-state index in [4.69, 9.17) is 22.1 Å². The van der Waals surface area contributed by atoms with Crippen molar-refractivity contribution in [2.75, 3.05) is 5.73 Å². The second-order valence-electron chi connectivity index (χ2n) is 3.51. The van der Waals surface area contributed by atoms with Crippen molar-refractivity contribution >= 4 is 47.7 Å². The molecule has 0 bridgehead atoms. The van der Waals surface area contributed by atoms with Crippen molar-refractivity contribution in [3.63, 3.8) is 0 Å². The second kappa shape index (κ2) is 6.21. The quantitative estimate of drug-likeness (QED) is 0.551. The molecule has 0 saturated carbocycles. The summed E-state index contributed by atoms with van der Waals surface area (Å²) < 4.78 is 10.8. The molecule has 0 fully saturated rings. The molecule has 0 saturated heterocycles. The average Bonchev–Trinajstić information content (AvgIpc) is 2.35. The van der Waals surface area contributed by atoms with Crippen LogP contribution >= 0.6 is 11.6 Å². The normalized spacial score (nSPS) is 10.1. The molecule has 0 amide bonds. The summed E-state index contributed by atoms with van der Waals surface area (Å²) in [6, 6.07) is 9.88. The van der Waals surface area contributed by atoms with Crippen LogP contribution in [0.25, 0.3) is 0 Å². The van der Waals surface area contributed by atoms with Crippen LogP contribution in [0.5, 0.6) is 6.01 Å². The van der Waals surface area contributed by atoms with Crippen molar-refractivity contribution in [3.8, 4) is 6.01 Å². The van der Waals surface area contributed by atoms with Crippen molar-refractivity contribution in [3.05, 3.63) is 41.0 Å². The molecule has 0 aliphatic carbocycles. The Kier molecular flexibility index (Phi) is 4.61. The van der Waals surface area contributed by atoms with Gasteiger partial charge < -0.3 is 0 Å². The van der Waals surface area contributed by atoms with Gasteiger partial charge in [0.2, 0.25) is 0 Å². The van der Waals surface area contributed by atoms with Gasteiger partial charge in [0, 0.05) is 0 Å². The zero-order chi connectivity index (χ0) is 13.0. The Labute approximate surface area is 121 Å². The van der Waals surface area contributed by atoms with E-state index < -0.39 is 22.8 Å². The van der Waals surface area contributed by atoms with Gasteiger partial charge >= 0.3 is 122 Å². The molecule has 4 nitrogen and oxygen atoms in total. The predicted molar refractivity (Wildman–Crippen MR) is 74.7 cm³/mol. The van der Waals surface area contributed by atoms with E-state index in [9.17, 15) is 0 Å². The molecule has 1 heterocycles. The van der Waals surface area contributed by atoms with Crippen LogP contribution in [-0.4, -0.2) is 36.9 Å². The third-order valence-corrected chi connectivity index (χ3v) is 4.85. The van der Waals surface area contributed by atoms with Gasteiger partial charge in [0.25, 0.3) is 0 Å². The van der Waals surface area contributed by atoms with Crippen LogP contribution in [0.1, 0.15) is 5.56 Å². The molecule has 2 rings (SSSR count). The number of anilines is 1. The number of benzene rings is 1. The van der Waals surface area contributed by atoms with Crippen LogP contribution in [0, 0.1) is 0 Å². The zero-order valence-corrected chi connectivity index (χ0v) is 13.7. The predicted octanol–water partition coefficient (Wildman–Crippen LogP) is 1.05. The zero-order valence-electron chi connectivity index (χ0n) is 9.51. The standard InChI is InChI=1S/C11H9ClN3O.CH2.Bi/c12-9-6-10(13)15-11(14-9)16-7-8-4-2-1-3-5-8;;/h1-2,4-6H,7H2,(H2,13,14,15);1H2;. The molecule has 1 aromatic carbocycles. The summed E-state index contributed by atoms with van der Waals surface area (Å²) in [5.41, 5.74) is 6.63. The number of nitrogens with zero attached hydrogens (tertiary/aromatic N) is 2. The summed E-state index contributed by atoms with van der Waals surface area (Å²) in [7, 11) is 0. The molecule has 1 aromatic heterocycles. The number of ether oxygens (including phenoxy) is 1. The molecule has 6 heteroatoms. The van der Waals surface area contributed by atoms with E-state index in [-0.39, 0.29) is 11.2 Å². The third-order valence-electron chi connectivity index (χ3n) is 2.16. The van der Waals surface area contributed by atoms with Crippen LogP contribution in [0.2, 0.25) is 5.15 Å². The average molecular weight is 458 g/mol. The Morgan fingerprint density at radius 1 is 1.33 bits per heavy atom. The molecule has 0 atom stereocenters. The van der Waals surface area contributed by atoms with Gasteiger partial charge in [0.05, 0.1) is 0 Å². The molecular formula is C12H11BiClN3O. The number of nitrogens with two attached hydrogens (primary N) is 1. The van der Waals surface area contributed by atoms with E-state index in [1.54, 1.807) is 0 Å². The summed E-state index contributed by atoms with van der Waals surface area (Å²) in [4.78, 5) is 7.89.